The van der Waals surface area contributed by atoms with Crippen LogP contribution >= 0.6 is 15.9 Å². The summed E-state index contributed by atoms with van der Waals surface area (Å²) in [4.78, 5) is 14.4. The highest BCUT2D eigenvalue weighted by Crippen LogP contribution is 2.31. The molecule has 2 aromatic rings. The maximum atomic E-state index is 13.8. The Morgan fingerprint density at radius 2 is 1.81 bits per heavy atom. The van der Waals surface area contributed by atoms with Gasteiger partial charge in [0.25, 0.3) is 5.91 Å². The molecule has 0 N–H and O–H groups in total. The molecule has 0 radical (unpaired) electrons. The summed E-state index contributed by atoms with van der Waals surface area (Å²) in [6.45, 7) is 0.499. The van der Waals surface area contributed by atoms with E-state index in [4.69, 9.17) is 0 Å². The molecule has 1 saturated carbocycles. The molecule has 0 unspecified atom stereocenters. The van der Waals surface area contributed by atoms with E-state index in [2.05, 4.69) is 15.9 Å². The van der Waals surface area contributed by atoms with Gasteiger partial charge in [0.2, 0.25) is 0 Å². The quantitative estimate of drug-likeness (QED) is 0.802. The molecule has 4 heteroatoms. The SMILES string of the molecule is O=C(c1ccccc1F)N(Cc1ccccc1Br)C1CC1. The maximum Gasteiger partial charge on any atom is 0.257 e. The number of halogens is 2. The summed E-state index contributed by atoms with van der Waals surface area (Å²) >= 11 is 3.50. The zero-order valence-electron chi connectivity index (χ0n) is 11.4. The van der Waals surface area contributed by atoms with Gasteiger partial charge in [-0.15, -0.1) is 0 Å². The van der Waals surface area contributed by atoms with Crippen molar-refractivity contribution in [3.63, 3.8) is 0 Å². The van der Waals surface area contributed by atoms with Gasteiger partial charge in [0, 0.05) is 17.1 Å². The molecule has 0 heterocycles. The molecule has 2 nitrogen and oxygen atoms in total. The number of hydrogen-bond donors (Lipinski definition) is 0. The third-order valence-corrected chi connectivity index (χ3v) is 4.42. The lowest BCUT2D eigenvalue weighted by Gasteiger charge is -2.23. The first-order valence-corrected chi connectivity index (χ1v) is 7.75. The molecule has 0 aliphatic heterocycles. The van der Waals surface area contributed by atoms with Crippen LogP contribution in [0.15, 0.2) is 53.0 Å². The average molecular weight is 348 g/mol. The van der Waals surface area contributed by atoms with Gasteiger partial charge in [-0.05, 0) is 36.6 Å². The summed E-state index contributed by atoms with van der Waals surface area (Å²) in [5.74, 6) is -0.688. The zero-order valence-corrected chi connectivity index (χ0v) is 13.0. The van der Waals surface area contributed by atoms with Crippen LogP contribution in [0, 0.1) is 5.82 Å². The molecule has 0 saturated heterocycles. The summed E-state index contributed by atoms with van der Waals surface area (Å²) in [7, 11) is 0. The van der Waals surface area contributed by atoms with Crippen LogP contribution in [0.3, 0.4) is 0 Å². The van der Waals surface area contributed by atoms with Crippen LogP contribution in [0.5, 0.6) is 0 Å². The predicted octanol–water partition coefficient (Wildman–Crippen LogP) is 4.39. The van der Waals surface area contributed by atoms with Crippen molar-refractivity contribution >= 4 is 21.8 Å². The van der Waals surface area contributed by atoms with Crippen LogP contribution in [-0.4, -0.2) is 16.8 Å². The minimum atomic E-state index is -0.458. The van der Waals surface area contributed by atoms with Crippen molar-refractivity contribution in [2.45, 2.75) is 25.4 Å². The number of rotatable bonds is 4. The summed E-state index contributed by atoms with van der Waals surface area (Å²) < 4.78 is 14.8. The van der Waals surface area contributed by atoms with Gasteiger partial charge in [-0.2, -0.15) is 0 Å². The first kappa shape index (κ1) is 14.3. The van der Waals surface area contributed by atoms with Gasteiger partial charge in [0.05, 0.1) is 5.56 Å². The molecular weight excluding hydrogens is 333 g/mol. The second-order valence-electron chi connectivity index (χ2n) is 5.24. The summed E-state index contributed by atoms with van der Waals surface area (Å²) in [6.07, 6.45) is 1.98. The Morgan fingerprint density at radius 3 is 2.48 bits per heavy atom. The summed E-state index contributed by atoms with van der Waals surface area (Å²) in [6, 6.07) is 14.2. The van der Waals surface area contributed by atoms with Crippen molar-refractivity contribution in [3.05, 3.63) is 69.9 Å². The van der Waals surface area contributed by atoms with E-state index in [9.17, 15) is 9.18 Å². The minimum Gasteiger partial charge on any atom is -0.331 e. The predicted molar refractivity (Wildman–Crippen MR) is 83.4 cm³/mol. The minimum absolute atomic E-state index is 0.149. The summed E-state index contributed by atoms with van der Waals surface area (Å²) in [5.41, 5.74) is 1.19. The van der Waals surface area contributed by atoms with Crippen LogP contribution in [0.25, 0.3) is 0 Å². The van der Waals surface area contributed by atoms with Crippen LogP contribution < -0.4 is 0 Å². The fourth-order valence-corrected chi connectivity index (χ4v) is 2.76. The van der Waals surface area contributed by atoms with Crippen molar-refractivity contribution in [1.29, 1.82) is 0 Å². The van der Waals surface area contributed by atoms with E-state index in [1.807, 2.05) is 24.3 Å². The van der Waals surface area contributed by atoms with Crippen molar-refractivity contribution in [2.75, 3.05) is 0 Å². The van der Waals surface area contributed by atoms with Gasteiger partial charge < -0.3 is 4.90 Å². The highest BCUT2D eigenvalue weighted by molar-refractivity contribution is 9.10. The zero-order chi connectivity index (χ0) is 14.8. The van der Waals surface area contributed by atoms with Crippen molar-refractivity contribution in [1.82, 2.24) is 4.90 Å². The van der Waals surface area contributed by atoms with E-state index in [0.717, 1.165) is 22.9 Å². The Kier molecular flexibility index (Phi) is 4.06. The second kappa shape index (κ2) is 5.98. The van der Waals surface area contributed by atoms with Gasteiger partial charge in [-0.1, -0.05) is 46.3 Å². The Bertz CT molecular complexity index is 669. The monoisotopic (exact) mass is 347 g/mol. The lowest BCUT2D eigenvalue weighted by molar-refractivity contribution is 0.0725. The lowest BCUT2D eigenvalue weighted by atomic mass is 10.1. The van der Waals surface area contributed by atoms with Gasteiger partial charge in [0.15, 0.2) is 0 Å². The molecule has 1 aliphatic carbocycles. The molecule has 21 heavy (non-hydrogen) atoms. The van der Waals surface area contributed by atoms with Gasteiger partial charge in [-0.3, -0.25) is 4.79 Å². The second-order valence-corrected chi connectivity index (χ2v) is 6.09. The smallest absolute Gasteiger partial charge is 0.257 e. The molecule has 0 aromatic heterocycles. The normalized spacial score (nSPS) is 14.0. The van der Waals surface area contributed by atoms with E-state index < -0.39 is 5.82 Å². The molecule has 0 bridgehead atoms. The van der Waals surface area contributed by atoms with Gasteiger partial charge in [0.1, 0.15) is 5.82 Å². The first-order chi connectivity index (χ1) is 10.2. The van der Waals surface area contributed by atoms with Crippen LogP contribution in [0.2, 0.25) is 0 Å². The number of benzene rings is 2. The van der Waals surface area contributed by atoms with Crippen molar-refractivity contribution in [3.8, 4) is 0 Å². The average Bonchev–Trinajstić information content (AvgIpc) is 3.31. The summed E-state index contributed by atoms with van der Waals surface area (Å²) in [5, 5.41) is 0. The van der Waals surface area contributed by atoms with Crippen molar-refractivity contribution in [2.24, 2.45) is 0 Å². The Hall–Kier alpha value is -1.68. The fourth-order valence-electron chi connectivity index (χ4n) is 2.35. The maximum absolute atomic E-state index is 13.8. The van der Waals surface area contributed by atoms with Gasteiger partial charge >= 0.3 is 0 Å². The lowest BCUT2D eigenvalue weighted by Crippen LogP contribution is -2.33. The number of nitrogens with zero attached hydrogens (tertiary/aromatic N) is 1. The topological polar surface area (TPSA) is 20.3 Å². The molecule has 1 amide bonds. The number of carbonyl (C=O) groups excluding carboxylic acids is 1. The van der Waals surface area contributed by atoms with Gasteiger partial charge in [-0.25, -0.2) is 4.39 Å². The standard InChI is InChI=1S/C17H15BrFNO/c18-15-7-3-1-5-12(15)11-20(13-9-10-13)17(21)14-6-2-4-8-16(14)19/h1-8,13H,9-11H2. The largest absolute Gasteiger partial charge is 0.331 e. The molecule has 108 valence electrons. The molecular formula is C17H15BrFNO. The van der Waals surface area contributed by atoms with Crippen molar-refractivity contribution < 1.29 is 9.18 Å². The third-order valence-electron chi connectivity index (χ3n) is 3.65. The van der Waals surface area contributed by atoms with E-state index in [0.29, 0.717) is 6.54 Å². The number of hydrogen-bond acceptors (Lipinski definition) is 1. The van der Waals surface area contributed by atoms with E-state index >= 15 is 0 Å². The molecule has 3 rings (SSSR count). The highest BCUT2D eigenvalue weighted by Gasteiger charge is 2.34. The fraction of sp³-hybridized carbons (Fsp3) is 0.235. The number of carbonyl (C=O) groups is 1. The van der Waals surface area contributed by atoms with E-state index in [-0.39, 0.29) is 17.5 Å². The molecule has 1 fully saturated rings. The third kappa shape index (κ3) is 3.16. The molecule has 0 atom stereocenters. The van der Waals surface area contributed by atoms with Crippen LogP contribution in [-0.2, 0) is 6.54 Å². The first-order valence-electron chi connectivity index (χ1n) is 6.95. The van der Waals surface area contributed by atoms with Crippen LogP contribution in [0.1, 0.15) is 28.8 Å². The molecule has 1 aliphatic rings. The van der Waals surface area contributed by atoms with E-state index in [1.165, 1.54) is 6.07 Å². The Labute approximate surface area is 131 Å². The molecule has 2 aromatic carbocycles. The Balaban J connectivity index is 1.87. The number of amides is 1. The Morgan fingerprint density at radius 1 is 1.14 bits per heavy atom. The highest BCUT2D eigenvalue weighted by atomic mass is 79.9. The van der Waals surface area contributed by atoms with Crippen LogP contribution in [0.4, 0.5) is 4.39 Å². The van der Waals surface area contributed by atoms with E-state index in [1.54, 1.807) is 23.1 Å². The molecule has 0 spiro atoms.